The zero-order chi connectivity index (χ0) is 21.4. The van der Waals surface area contributed by atoms with Gasteiger partial charge in [0.05, 0.1) is 31.0 Å². The highest BCUT2D eigenvalue weighted by molar-refractivity contribution is 7.15. The molecule has 2 aromatic rings. The number of hydrogen-bond donors (Lipinski definition) is 0. The number of aromatic nitrogens is 1. The number of ether oxygens (including phenoxy) is 1. The first-order chi connectivity index (χ1) is 14.3. The molecule has 0 bridgehead atoms. The minimum absolute atomic E-state index is 0.000784. The van der Waals surface area contributed by atoms with E-state index in [0.717, 1.165) is 10.6 Å². The number of nitrogens with zero attached hydrogens (tertiary/aromatic N) is 3. The maximum atomic E-state index is 14.2. The molecule has 0 saturated carbocycles. The van der Waals surface area contributed by atoms with Crippen molar-refractivity contribution in [1.82, 2.24) is 9.88 Å². The number of alkyl halides is 3. The van der Waals surface area contributed by atoms with Crippen LogP contribution >= 0.6 is 22.9 Å². The van der Waals surface area contributed by atoms with Crippen LogP contribution < -0.4 is 0 Å². The van der Waals surface area contributed by atoms with Crippen LogP contribution in [0.3, 0.4) is 0 Å². The van der Waals surface area contributed by atoms with Gasteiger partial charge in [0.25, 0.3) is 0 Å². The average Bonchev–Trinajstić information content (AvgIpc) is 3.25. The molecule has 9 heteroatoms. The zero-order valence-electron chi connectivity index (χ0n) is 16.2. The van der Waals surface area contributed by atoms with Crippen LogP contribution in [0, 0.1) is 16.7 Å². The van der Waals surface area contributed by atoms with Gasteiger partial charge in [0.15, 0.2) is 5.60 Å². The van der Waals surface area contributed by atoms with Crippen LogP contribution in [0.2, 0.25) is 4.34 Å². The monoisotopic (exact) mass is 455 g/mol. The number of thiazole rings is 1. The Labute approximate surface area is 182 Å². The van der Waals surface area contributed by atoms with E-state index in [-0.39, 0.29) is 13.0 Å². The lowest BCUT2D eigenvalue weighted by Crippen LogP contribution is -2.67. The van der Waals surface area contributed by atoms with Gasteiger partial charge in [0, 0.05) is 18.4 Å². The second-order valence-electron chi connectivity index (χ2n) is 8.03. The summed E-state index contributed by atoms with van der Waals surface area (Å²) in [6.07, 6.45) is -1.56. The molecule has 4 rings (SSSR count). The fourth-order valence-electron chi connectivity index (χ4n) is 4.76. The molecule has 2 saturated heterocycles. The summed E-state index contributed by atoms with van der Waals surface area (Å²) in [7, 11) is 0. The molecule has 1 unspecified atom stereocenters. The largest absolute Gasteiger partial charge is 0.418 e. The highest BCUT2D eigenvalue weighted by Crippen LogP contribution is 2.59. The molecule has 2 fully saturated rings. The van der Waals surface area contributed by atoms with Crippen molar-refractivity contribution in [2.75, 3.05) is 19.7 Å². The van der Waals surface area contributed by atoms with Crippen molar-refractivity contribution in [2.45, 2.75) is 44.0 Å². The summed E-state index contributed by atoms with van der Waals surface area (Å²) in [5, 5.41) is 9.75. The van der Waals surface area contributed by atoms with E-state index in [4.69, 9.17) is 21.6 Å². The predicted molar refractivity (Wildman–Crippen MR) is 108 cm³/mol. The Kier molecular flexibility index (Phi) is 5.84. The lowest BCUT2D eigenvalue weighted by molar-refractivity contribution is -0.366. The Morgan fingerprint density at radius 1 is 1.27 bits per heavy atom. The fraction of sp³-hybridized carbons (Fsp3) is 0.524. The van der Waals surface area contributed by atoms with E-state index in [1.807, 2.05) is 17.0 Å². The highest BCUT2D eigenvalue weighted by atomic mass is 35.5. The summed E-state index contributed by atoms with van der Waals surface area (Å²) in [6, 6.07) is 9.10. The van der Waals surface area contributed by atoms with Crippen LogP contribution in [-0.4, -0.2) is 41.4 Å². The summed E-state index contributed by atoms with van der Waals surface area (Å²) in [6.45, 7) is 1.50. The van der Waals surface area contributed by atoms with E-state index in [2.05, 4.69) is 11.1 Å². The van der Waals surface area contributed by atoms with Crippen molar-refractivity contribution >= 4 is 22.9 Å². The predicted octanol–water partition coefficient (Wildman–Crippen LogP) is 5.21. The van der Waals surface area contributed by atoms with E-state index in [1.54, 1.807) is 18.3 Å². The van der Waals surface area contributed by atoms with E-state index in [9.17, 15) is 13.2 Å². The summed E-state index contributed by atoms with van der Waals surface area (Å²) in [5.74, 6) is 0. The number of nitriles is 1. The van der Waals surface area contributed by atoms with Gasteiger partial charge in [-0.3, -0.25) is 4.90 Å². The third kappa shape index (κ3) is 3.84. The van der Waals surface area contributed by atoms with Gasteiger partial charge in [-0.1, -0.05) is 23.7 Å². The Balaban J connectivity index is 1.56. The zero-order valence-corrected chi connectivity index (χ0v) is 17.8. The third-order valence-corrected chi connectivity index (χ3v) is 7.51. The van der Waals surface area contributed by atoms with E-state index in [0.29, 0.717) is 48.8 Å². The van der Waals surface area contributed by atoms with Crippen molar-refractivity contribution in [1.29, 1.82) is 5.26 Å². The number of aryl methyl sites for hydroxylation is 1. The quantitative estimate of drug-likeness (QED) is 0.599. The number of benzene rings is 1. The van der Waals surface area contributed by atoms with Gasteiger partial charge < -0.3 is 4.74 Å². The van der Waals surface area contributed by atoms with Gasteiger partial charge in [0.2, 0.25) is 0 Å². The standard InChI is InChI=1S/C21H21ClF3N3OS/c22-17-12-27-18(30-17)13-28-9-7-19(14-28,20(8-10-29-20)21(23,24)25)6-5-15-1-3-16(11-26)4-2-15/h1-4,12H,5-10,13-14H2/t19-,20?/m1/s1. The van der Waals surface area contributed by atoms with Crippen LogP contribution in [0.1, 0.15) is 35.4 Å². The molecule has 1 aromatic heterocycles. The first kappa shape index (κ1) is 21.6. The molecule has 0 spiro atoms. The summed E-state index contributed by atoms with van der Waals surface area (Å²) in [4.78, 5) is 6.28. The smallest absolute Gasteiger partial charge is 0.365 e. The van der Waals surface area contributed by atoms with E-state index >= 15 is 0 Å². The Morgan fingerprint density at radius 3 is 2.53 bits per heavy atom. The molecule has 0 N–H and O–H groups in total. The lowest BCUT2D eigenvalue weighted by atomic mass is 9.63. The van der Waals surface area contributed by atoms with Crippen molar-refractivity contribution in [3.63, 3.8) is 0 Å². The molecular weight excluding hydrogens is 435 g/mol. The van der Waals surface area contributed by atoms with E-state index < -0.39 is 17.2 Å². The first-order valence-corrected chi connectivity index (χ1v) is 11.0. The minimum atomic E-state index is -4.42. The second kappa shape index (κ2) is 8.12. The number of rotatable bonds is 6. The number of hydrogen-bond acceptors (Lipinski definition) is 5. The fourth-order valence-corrected chi connectivity index (χ4v) is 5.76. The number of halogens is 4. The van der Waals surface area contributed by atoms with E-state index in [1.165, 1.54) is 11.3 Å². The highest BCUT2D eigenvalue weighted by Gasteiger charge is 2.71. The maximum Gasteiger partial charge on any atom is 0.418 e. The Bertz CT molecular complexity index is 936. The molecule has 160 valence electrons. The molecule has 0 aliphatic carbocycles. The SMILES string of the molecule is N#Cc1ccc(CC[C@@]2(C3(C(F)(F)F)CCO3)CCN(Cc3ncc(Cl)s3)C2)cc1. The van der Waals surface area contributed by atoms with Gasteiger partial charge >= 0.3 is 6.18 Å². The van der Waals surface area contributed by atoms with Gasteiger partial charge in [-0.05, 0) is 43.5 Å². The van der Waals surface area contributed by atoms with Crippen molar-refractivity contribution < 1.29 is 17.9 Å². The molecule has 0 radical (unpaired) electrons. The summed E-state index contributed by atoms with van der Waals surface area (Å²) < 4.78 is 48.6. The number of likely N-dealkylation sites (tertiary alicyclic amines) is 1. The summed E-state index contributed by atoms with van der Waals surface area (Å²) in [5.41, 5.74) is -1.65. The van der Waals surface area contributed by atoms with Crippen molar-refractivity contribution in [3.8, 4) is 6.07 Å². The van der Waals surface area contributed by atoms with Gasteiger partial charge in [0.1, 0.15) is 9.34 Å². The Morgan fingerprint density at radius 2 is 2.00 bits per heavy atom. The Hall–Kier alpha value is -1.66. The molecule has 30 heavy (non-hydrogen) atoms. The van der Waals surface area contributed by atoms with Crippen LogP contribution in [-0.2, 0) is 17.7 Å². The van der Waals surface area contributed by atoms with Gasteiger partial charge in [-0.2, -0.15) is 18.4 Å². The molecule has 1 aromatic carbocycles. The molecule has 4 nitrogen and oxygen atoms in total. The molecule has 2 aliphatic heterocycles. The van der Waals surface area contributed by atoms with Gasteiger partial charge in [-0.25, -0.2) is 4.98 Å². The second-order valence-corrected chi connectivity index (χ2v) is 9.78. The van der Waals surface area contributed by atoms with Crippen LogP contribution in [0.4, 0.5) is 13.2 Å². The summed E-state index contributed by atoms with van der Waals surface area (Å²) >= 11 is 7.31. The topological polar surface area (TPSA) is 49.1 Å². The van der Waals surface area contributed by atoms with Crippen LogP contribution in [0.25, 0.3) is 0 Å². The van der Waals surface area contributed by atoms with Crippen molar-refractivity contribution in [2.24, 2.45) is 5.41 Å². The maximum absolute atomic E-state index is 14.2. The average molecular weight is 456 g/mol. The van der Waals surface area contributed by atoms with Crippen LogP contribution in [0.15, 0.2) is 30.5 Å². The van der Waals surface area contributed by atoms with Crippen LogP contribution in [0.5, 0.6) is 0 Å². The first-order valence-electron chi connectivity index (χ1n) is 9.79. The third-order valence-electron chi connectivity index (χ3n) is 6.41. The normalized spacial score (nSPS) is 27.0. The molecule has 2 atom stereocenters. The molecule has 0 amide bonds. The van der Waals surface area contributed by atoms with Crippen molar-refractivity contribution in [3.05, 3.63) is 50.9 Å². The molecule has 2 aliphatic rings. The minimum Gasteiger partial charge on any atom is -0.365 e. The molecule has 3 heterocycles. The molecular formula is C21H21ClF3N3OS. The lowest BCUT2D eigenvalue weighted by Gasteiger charge is -2.54. The van der Waals surface area contributed by atoms with Gasteiger partial charge in [-0.15, -0.1) is 11.3 Å².